The number of carbonyl (C=O) groups is 4. The Morgan fingerprint density at radius 2 is 1.67 bits per heavy atom. The summed E-state index contributed by atoms with van der Waals surface area (Å²) in [6.07, 6.45) is 1.77. The van der Waals surface area contributed by atoms with Gasteiger partial charge in [-0.1, -0.05) is 12.1 Å². The minimum Gasteiger partial charge on any atom is -0.468 e. The van der Waals surface area contributed by atoms with Crippen molar-refractivity contribution in [2.45, 2.75) is 12.8 Å². The van der Waals surface area contributed by atoms with E-state index in [1.807, 2.05) is 0 Å². The third-order valence-electron chi connectivity index (χ3n) is 4.79. The number of benzene rings is 2. The molecule has 8 nitrogen and oxygen atoms in total. The van der Waals surface area contributed by atoms with Gasteiger partial charge in [0.05, 0.1) is 18.4 Å². The van der Waals surface area contributed by atoms with Crippen LogP contribution in [0.4, 0.5) is 11.4 Å². The second-order valence-electron chi connectivity index (χ2n) is 6.98. The number of anilines is 2. The molecule has 0 radical (unpaired) electrons. The SMILES string of the molecule is COC(=O)CNC(=O)c1ccc(NC(=O)c2ccccc2N(C)C(=O)C2CC2)cc1. The number of rotatable bonds is 7. The van der Waals surface area contributed by atoms with Gasteiger partial charge in [-0.3, -0.25) is 19.2 Å². The summed E-state index contributed by atoms with van der Waals surface area (Å²) in [7, 11) is 2.91. The van der Waals surface area contributed by atoms with Crippen molar-refractivity contribution >= 4 is 35.1 Å². The summed E-state index contributed by atoms with van der Waals surface area (Å²) in [6.45, 7) is -0.225. The van der Waals surface area contributed by atoms with Crippen LogP contribution in [0.25, 0.3) is 0 Å². The van der Waals surface area contributed by atoms with Gasteiger partial charge in [-0.15, -0.1) is 0 Å². The lowest BCUT2D eigenvalue weighted by Gasteiger charge is -2.20. The van der Waals surface area contributed by atoms with Crippen LogP contribution in [0, 0.1) is 5.92 Å². The molecule has 2 aromatic carbocycles. The molecule has 1 aliphatic rings. The molecule has 0 saturated heterocycles. The number of hydrogen-bond acceptors (Lipinski definition) is 5. The lowest BCUT2D eigenvalue weighted by Crippen LogP contribution is -2.30. The Labute approximate surface area is 174 Å². The lowest BCUT2D eigenvalue weighted by atomic mass is 10.1. The number of esters is 1. The highest BCUT2D eigenvalue weighted by molar-refractivity contribution is 6.11. The van der Waals surface area contributed by atoms with E-state index in [1.54, 1.807) is 43.4 Å². The zero-order chi connectivity index (χ0) is 21.7. The van der Waals surface area contributed by atoms with E-state index < -0.39 is 11.9 Å². The third-order valence-corrected chi connectivity index (χ3v) is 4.79. The molecule has 0 aromatic heterocycles. The number of hydrogen-bond donors (Lipinski definition) is 2. The summed E-state index contributed by atoms with van der Waals surface area (Å²) < 4.78 is 4.47. The summed E-state index contributed by atoms with van der Waals surface area (Å²) >= 11 is 0. The van der Waals surface area contributed by atoms with Crippen LogP contribution in [0.3, 0.4) is 0 Å². The summed E-state index contributed by atoms with van der Waals surface area (Å²) in [5.41, 5.74) is 1.77. The highest BCUT2D eigenvalue weighted by Gasteiger charge is 2.33. The minimum absolute atomic E-state index is 0.0116. The lowest BCUT2D eigenvalue weighted by molar-refractivity contribution is -0.139. The maximum atomic E-state index is 12.8. The number of carbonyl (C=O) groups excluding carboxylic acids is 4. The molecule has 0 aliphatic heterocycles. The Balaban J connectivity index is 1.67. The fourth-order valence-corrected chi connectivity index (χ4v) is 2.91. The van der Waals surface area contributed by atoms with Gasteiger partial charge in [-0.05, 0) is 49.2 Å². The molecule has 0 atom stereocenters. The molecule has 3 rings (SSSR count). The van der Waals surface area contributed by atoms with E-state index in [4.69, 9.17) is 0 Å². The van der Waals surface area contributed by atoms with Crippen molar-refractivity contribution in [1.29, 1.82) is 0 Å². The van der Waals surface area contributed by atoms with Crippen LogP contribution in [0.5, 0.6) is 0 Å². The predicted octanol–water partition coefficient (Wildman–Crippen LogP) is 2.21. The number of para-hydroxylation sites is 1. The molecule has 0 bridgehead atoms. The average molecular weight is 409 g/mol. The predicted molar refractivity (Wildman–Crippen MR) is 111 cm³/mol. The van der Waals surface area contributed by atoms with Gasteiger partial charge < -0.3 is 20.3 Å². The number of ether oxygens (including phenoxy) is 1. The van der Waals surface area contributed by atoms with Crippen molar-refractivity contribution in [3.8, 4) is 0 Å². The Hall–Kier alpha value is -3.68. The topological polar surface area (TPSA) is 105 Å². The molecule has 1 fully saturated rings. The van der Waals surface area contributed by atoms with Crippen LogP contribution in [-0.4, -0.2) is 44.4 Å². The van der Waals surface area contributed by atoms with Gasteiger partial charge in [0.1, 0.15) is 6.54 Å². The van der Waals surface area contributed by atoms with Crippen LogP contribution in [0.15, 0.2) is 48.5 Å². The van der Waals surface area contributed by atoms with Gasteiger partial charge in [0, 0.05) is 24.2 Å². The first-order valence-corrected chi connectivity index (χ1v) is 9.53. The van der Waals surface area contributed by atoms with Crippen molar-refractivity contribution in [3.63, 3.8) is 0 Å². The highest BCUT2D eigenvalue weighted by atomic mass is 16.5. The van der Waals surface area contributed by atoms with E-state index in [-0.39, 0.29) is 24.3 Å². The quantitative estimate of drug-likeness (QED) is 0.683. The highest BCUT2D eigenvalue weighted by Crippen LogP contribution is 2.33. The van der Waals surface area contributed by atoms with Gasteiger partial charge in [0.2, 0.25) is 5.91 Å². The van der Waals surface area contributed by atoms with Crippen LogP contribution in [0.2, 0.25) is 0 Å². The maximum Gasteiger partial charge on any atom is 0.325 e. The summed E-state index contributed by atoms with van der Waals surface area (Å²) in [6, 6.07) is 13.2. The largest absolute Gasteiger partial charge is 0.468 e. The van der Waals surface area contributed by atoms with Crippen molar-refractivity contribution in [1.82, 2.24) is 5.32 Å². The van der Waals surface area contributed by atoms with E-state index in [0.29, 0.717) is 22.5 Å². The summed E-state index contributed by atoms with van der Waals surface area (Å²) in [4.78, 5) is 49.8. The Kier molecular flexibility index (Phi) is 6.46. The molecule has 0 spiro atoms. The Morgan fingerprint density at radius 3 is 2.30 bits per heavy atom. The third kappa shape index (κ3) is 5.02. The van der Waals surface area contributed by atoms with Crippen molar-refractivity contribution < 1.29 is 23.9 Å². The van der Waals surface area contributed by atoms with Crippen molar-refractivity contribution in [2.24, 2.45) is 5.92 Å². The number of nitrogens with zero attached hydrogens (tertiary/aromatic N) is 1. The second-order valence-corrected chi connectivity index (χ2v) is 6.98. The van der Waals surface area contributed by atoms with Crippen LogP contribution < -0.4 is 15.5 Å². The van der Waals surface area contributed by atoms with Gasteiger partial charge in [-0.25, -0.2) is 0 Å². The van der Waals surface area contributed by atoms with Crippen LogP contribution >= 0.6 is 0 Å². The first kappa shape index (κ1) is 21.0. The summed E-state index contributed by atoms with van der Waals surface area (Å²) in [5, 5.41) is 5.22. The monoisotopic (exact) mass is 409 g/mol. The van der Waals surface area contributed by atoms with E-state index in [2.05, 4.69) is 15.4 Å². The minimum atomic E-state index is -0.545. The van der Waals surface area contributed by atoms with Gasteiger partial charge in [0.25, 0.3) is 11.8 Å². The average Bonchev–Trinajstić information content (AvgIpc) is 3.62. The summed E-state index contributed by atoms with van der Waals surface area (Å²) in [5.74, 6) is -1.27. The number of nitrogens with one attached hydrogen (secondary N) is 2. The molecule has 2 aromatic rings. The number of methoxy groups -OCH3 is 1. The fraction of sp³-hybridized carbons (Fsp3) is 0.273. The molecule has 156 valence electrons. The Bertz CT molecular complexity index is 967. The molecule has 1 saturated carbocycles. The normalized spacial score (nSPS) is 12.6. The number of amides is 3. The van der Waals surface area contributed by atoms with E-state index in [9.17, 15) is 19.2 Å². The second kappa shape index (κ2) is 9.21. The fourth-order valence-electron chi connectivity index (χ4n) is 2.91. The van der Waals surface area contributed by atoms with Crippen LogP contribution in [0.1, 0.15) is 33.6 Å². The van der Waals surface area contributed by atoms with E-state index in [0.717, 1.165) is 12.8 Å². The molecule has 3 amide bonds. The van der Waals surface area contributed by atoms with E-state index >= 15 is 0 Å². The molecular formula is C22H23N3O5. The smallest absolute Gasteiger partial charge is 0.325 e. The van der Waals surface area contributed by atoms with Gasteiger partial charge in [0.15, 0.2) is 0 Å². The molecule has 1 aliphatic carbocycles. The van der Waals surface area contributed by atoms with Crippen molar-refractivity contribution in [3.05, 3.63) is 59.7 Å². The molecule has 30 heavy (non-hydrogen) atoms. The van der Waals surface area contributed by atoms with Crippen molar-refractivity contribution in [2.75, 3.05) is 30.9 Å². The maximum absolute atomic E-state index is 12.8. The molecule has 8 heteroatoms. The molecule has 2 N–H and O–H groups in total. The Morgan fingerprint density at radius 1 is 1.00 bits per heavy atom. The zero-order valence-corrected chi connectivity index (χ0v) is 16.8. The standard InChI is InChI=1S/C22H23N3O5/c1-25(22(29)15-7-8-15)18-6-4-3-5-17(18)21(28)24-16-11-9-14(10-12-16)20(27)23-13-19(26)30-2/h3-6,9-12,15H,7-8,13H2,1-2H3,(H,23,27)(H,24,28). The first-order valence-electron chi connectivity index (χ1n) is 9.53. The van der Waals surface area contributed by atoms with Crippen LogP contribution in [-0.2, 0) is 14.3 Å². The van der Waals surface area contributed by atoms with E-state index in [1.165, 1.54) is 24.1 Å². The molecule has 0 unspecified atom stereocenters. The first-order chi connectivity index (χ1) is 14.4. The molecular weight excluding hydrogens is 386 g/mol. The molecule has 0 heterocycles. The van der Waals surface area contributed by atoms with Gasteiger partial charge in [-0.2, -0.15) is 0 Å². The van der Waals surface area contributed by atoms with Gasteiger partial charge >= 0.3 is 5.97 Å². The zero-order valence-electron chi connectivity index (χ0n) is 16.8.